The molecule has 0 radical (unpaired) electrons. The normalized spacial score (nSPS) is 16.7. The number of benzene rings is 2. The van der Waals surface area contributed by atoms with Gasteiger partial charge in [-0.05, 0) is 55.6 Å². The molecule has 1 amide bonds. The molecule has 27 heavy (non-hydrogen) atoms. The van der Waals surface area contributed by atoms with Gasteiger partial charge in [-0.1, -0.05) is 36.4 Å². The van der Waals surface area contributed by atoms with Gasteiger partial charge in [0.25, 0.3) is 5.91 Å². The summed E-state index contributed by atoms with van der Waals surface area (Å²) in [6, 6.07) is 17.0. The van der Waals surface area contributed by atoms with Crippen molar-refractivity contribution in [3.8, 4) is 5.75 Å². The van der Waals surface area contributed by atoms with Gasteiger partial charge in [0, 0.05) is 18.7 Å². The minimum Gasteiger partial charge on any atom is -0.497 e. The third kappa shape index (κ3) is 5.55. The van der Waals surface area contributed by atoms with Crippen molar-refractivity contribution in [3.63, 3.8) is 0 Å². The largest absolute Gasteiger partial charge is 0.497 e. The lowest BCUT2D eigenvalue weighted by Crippen LogP contribution is -2.40. The topological polar surface area (TPSA) is 61.8 Å². The summed E-state index contributed by atoms with van der Waals surface area (Å²) >= 11 is 0. The summed E-state index contributed by atoms with van der Waals surface area (Å²) in [7, 11) is 1.60. The average Bonchev–Trinajstić information content (AvgIpc) is 2.73. The SMILES string of the molecule is COc1cccc(C(=O)NCC2CCN(CC(O)c3ccccc3)CC2)c1. The standard InChI is InChI=1S/C22H28N2O3/c1-27-20-9-5-8-19(14-20)22(26)23-15-17-10-12-24(13-11-17)16-21(25)18-6-3-2-4-7-18/h2-9,14,17,21,25H,10-13,15-16H2,1H3,(H,23,26). The molecule has 1 aliphatic rings. The van der Waals surface area contributed by atoms with Crippen molar-refractivity contribution < 1.29 is 14.6 Å². The Morgan fingerprint density at radius 1 is 1.19 bits per heavy atom. The smallest absolute Gasteiger partial charge is 0.251 e. The monoisotopic (exact) mass is 368 g/mol. The Hall–Kier alpha value is -2.37. The van der Waals surface area contributed by atoms with Crippen LogP contribution in [0.4, 0.5) is 0 Å². The second-order valence-electron chi connectivity index (χ2n) is 7.11. The molecule has 0 aliphatic carbocycles. The molecule has 5 heteroatoms. The molecule has 1 atom stereocenters. The Morgan fingerprint density at radius 2 is 1.93 bits per heavy atom. The summed E-state index contributed by atoms with van der Waals surface area (Å²) in [6.45, 7) is 3.24. The third-order valence-corrected chi connectivity index (χ3v) is 5.21. The van der Waals surface area contributed by atoms with Crippen molar-refractivity contribution in [1.29, 1.82) is 0 Å². The van der Waals surface area contributed by atoms with Gasteiger partial charge in [-0.3, -0.25) is 4.79 Å². The molecule has 3 rings (SSSR count). The number of likely N-dealkylation sites (tertiary alicyclic amines) is 1. The molecular formula is C22H28N2O3. The highest BCUT2D eigenvalue weighted by molar-refractivity contribution is 5.94. The lowest BCUT2D eigenvalue weighted by atomic mass is 9.96. The number of rotatable bonds is 7. The molecule has 5 nitrogen and oxygen atoms in total. The van der Waals surface area contributed by atoms with Gasteiger partial charge < -0.3 is 20.1 Å². The van der Waals surface area contributed by atoms with E-state index < -0.39 is 6.10 Å². The van der Waals surface area contributed by atoms with Gasteiger partial charge in [0.15, 0.2) is 0 Å². The molecule has 0 aromatic heterocycles. The maximum atomic E-state index is 12.3. The second kappa shape index (κ2) is 9.53. The van der Waals surface area contributed by atoms with Crippen molar-refractivity contribution in [2.75, 3.05) is 33.3 Å². The summed E-state index contributed by atoms with van der Waals surface area (Å²) in [6.07, 6.45) is 1.61. The van der Waals surface area contributed by atoms with Gasteiger partial charge >= 0.3 is 0 Å². The van der Waals surface area contributed by atoms with E-state index in [1.807, 2.05) is 42.5 Å². The van der Waals surface area contributed by atoms with Crippen LogP contribution in [-0.2, 0) is 0 Å². The van der Waals surface area contributed by atoms with E-state index in [4.69, 9.17) is 4.74 Å². The van der Waals surface area contributed by atoms with E-state index in [1.165, 1.54) is 0 Å². The van der Waals surface area contributed by atoms with E-state index in [2.05, 4.69) is 10.2 Å². The molecule has 2 aromatic carbocycles. The molecule has 1 aliphatic heterocycles. The first-order valence-electron chi connectivity index (χ1n) is 9.53. The van der Waals surface area contributed by atoms with Crippen LogP contribution in [-0.4, -0.2) is 49.2 Å². The maximum absolute atomic E-state index is 12.3. The number of amides is 1. The predicted octanol–water partition coefficient (Wildman–Crippen LogP) is 2.87. The minimum atomic E-state index is -0.449. The van der Waals surface area contributed by atoms with Crippen LogP contribution in [0.3, 0.4) is 0 Å². The summed E-state index contributed by atoms with van der Waals surface area (Å²) in [4.78, 5) is 14.6. The molecule has 1 fully saturated rings. The lowest BCUT2D eigenvalue weighted by Gasteiger charge is -2.33. The number of nitrogens with zero attached hydrogens (tertiary/aromatic N) is 1. The number of aliphatic hydroxyl groups is 1. The summed E-state index contributed by atoms with van der Waals surface area (Å²) < 4.78 is 5.17. The summed E-state index contributed by atoms with van der Waals surface area (Å²) in [5.41, 5.74) is 1.59. The van der Waals surface area contributed by atoms with Crippen LogP contribution in [0, 0.1) is 5.92 Å². The van der Waals surface area contributed by atoms with Crippen molar-refractivity contribution in [2.24, 2.45) is 5.92 Å². The fraction of sp³-hybridized carbons (Fsp3) is 0.409. The first-order chi connectivity index (χ1) is 13.2. The zero-order valence-corrected chi connectivity index (χ0v) is 15.8. The van der Waals surface area contributed by atoms with Gasteiger partial charge in [0.05, 0.1) is 13.2 Å². The number of β-amino-alcohol motifs (C(OH)–C–C–N with tert-alkyl or cyclic N) is 1. The number of aliphatic hydroxyl groups excluding tert-OH is 1. The van der Waals surface area contributed by atoms with E-state index in [9.17, 15) is 9.90 Å². The summed E-state index contributed by atoms with van der Waals surface area (Å²) in [5.74, 6) is 1.11. The third-order valence-electron chi connectivity index (χ3n) is 5.21. The van der Waals surface area contributed by atoms with E-state index in [0.29, 0.717) is 30.3 Å². The van der Waals surface area contributed by atoms with Crippen LogP contribution < -0.4 is 10.1 Å². The van der Waals surface area contributed by atoms with Crippen molar-refractivity contribution in [2.45, 2.75) is 18.9 Å². The zero-order valence-electron chi connectivity index (χ0n) is 15.8. The van der Waals surface area contributed by atoms with E-state index in [1.54, 1.807) is 19.2 Å². The van der Waals surface area contributed by atoms with Crippen LogP contribution >= 0.6 is 0 Å². The first-order valence-corrected chi connectivity index (χ1v) is 9.53. The molecule has 0 saturated carbocycles. The number of piperidine rings is 1. The zero-order chi connectivity index (χ0) is 19.1. The average molecular weight is 368 g/mol. The number of ether oxygens (including phenoxy) is 1. The van der Waals surface area contributed by atoms with Crippen LogP contribution in [0.2, 0.25) is 0 Å². The highest BCUT2D eigenvalue weighted by Gasteiger charge is 2.22. The summed E-state index contributed by atoms with van der Waals surface area (Å²) in [5, 5.41) is 13.4. The number of methoxy groups -OCH3 is 1. The van der Waals surface area contributed by atoms with Crippen molar-refractivity contribution in [3.05, 3.63) is 65.7 Å². The van der Waals surface area contributed by atoms with Gasteiger partial charge in [0.1, 0.15) is 5.75 Å². The number of carbonyl (C=O) groups is 1. The molecule has 1 heterocycles. The molecule has 144 valence electrons. The fourth-order valence-electron chi connectivity index (χ4n) is 3.50. The van der Waals surface area contributed by atoms with Crippen LogP contribution in [0.1, 0.15) is 34.9 Å². The Kier molecular flexibility index (Phi) is 6.85. The molecule has 1 unspecified atom stereocenters. The maximum Gasteiger partial charge on any atom is 0.251 e. The quantitative estimate of drug-likeness (QED) is 0.789. The Bertz CT molecular complexity index is 727. The Labute approximate surface area is 161 Å². The Morgan fingerprint density at radius 3 is 2.63 bits per heavy atom. The lowest BCUT2D eigenvalue weighted by molar-refractivity contribution is 0.0852. The van der Waals surface area contributed by atoms with Gasteiger partial charge in [0.2, 0.25) is 0 Å². The van der Waals surface area contributed by atoms with Gasteiger partial charge in [-0.2, -0.15) is 0 Å². The number of hydrogen-bond donors (Lipinski definition) is 2. The van der Waals surface area contributed by atoms with E-state index in [0.717, 1.165) is 31.5 Å². The highest BCUT2D eigenvalue weighted by Crippen LogP contribution is 2.20. The molecule has 0 bridgehead atoms. The van der Waals surface area contributed by atoms with Crippen molar-refractivity contribution in [1.82, 2.24) is 10.2 Å². The molecule has 0 spiro atoms. The highest BCUT2D eigenvalue weighted by atomic mass is 16.5. The van der Waals surface area contributed by atoms with Gasteiger partial charge in [-0.15, -0.1) is 0 Å². The molecule has 2 aromatic rings. The molecule has 2 N–H and O–H groups in total. The van der Waals surface area contributed by atoms with E-state index >= 15 is 0 Å². The number of nitrogens with one attached hydrogen (secondary N) is 1. The van der Waals surface area contributed by atoms with E-state index in [-0.39, 0.29) is 5.91 Å². The first kappa shape index (κ1) is 19.4. The van der Waals surface area contributed by atoms with Crippen molar-refractivity contribution >= 4 is 5.91 Å². The van der Waals surface area contributed by atoms with Gasteiger partial charge in [-0.25, -0.2) is 0 Å². The minimum absolute atomic E-state index is 0.0594. The number of carbonyl (C=O) groups excluding carboxylic acids is 1. The second-order valence-corrected chi connectivity index (χ2v) is 7.11. The molecule has 1 saturated heterocycles. The van der Waals surface area contributed by atoms with Crippen LogP contribution in [0.15, 0.2) is 54.6 Å². The number of hydrogen-bond acceptors (Lipinski definition) is 4. The van der Waals surface area contributed by atoms with Crippen LogP contribution in [0.5, 0.6) is 5.75 Å². The Balaban J connectivity index is 1.41. The predicted molar refractivity (Wildman–Crippen MR) is 106 cm³/mol. The molecular weight excluding hydrogens is 340 g/mol. The van der Waals surface area contributed by atoms with Crippen LogP contribution in [0.25, 0.3) is 0 Å². The fourth-order valence-corrected chi connectivity index (χ4v) is 3.50.